The number of benzene rings is 1. The first-order valence-electron chi connectivity index (χ1n) is 10.2. The minimum Gasteiger partial charge on any atom is -0.379 e. The van der Waals surface area contributed by atoms with Crippen LogP contribution in [0.2, 0.25) is 0 Å². The highest BCUT2D eigenvalue weighted by atomic mass is 16.6. The van der Waals surface area contributed by atoms with Crippen molar-refractivity contribution in [3.8, 4) is 0 Å². The van der Waals surface area contributed by atoms with E-state index in [1.807, 2.05) is 29.2 Å². The second-order valence-electron chi connectivity index (χ2n) is 7.60. The number of para-hydroxylation sites is 1. The van der Waals surface area contributed by atoms with Crippen LogP contribution in [0.3, 0.4) is 0 Å². The Morgan fingerprint density at radius 2 is 1.86 bits per heavy atom. The average molecular weight is 400 g/mol. The van der Waals surface area contributed by atoms with Crippen LogP contribution in [-0.2, 0) is 4.74 Å². The fourth-order valence-corrected chi connectivity index (χ4v) is 3.94. The zero-order chi connectivity index (χ0) is 20.2. The first-order valence-corrected chi connectivity index (χ1v) is 10.2. The molecule has 0 amide bonds. The second-order valence-corrected chi connectivity index (χ2v) is 7.60. The van der Waals surface area contributed by atoms with Crippen molar-refractivity contribution in [1.29, 1.82) is 0 Å². The molecule has 0 aliphatic carbocycles. The molecule has 1 aromatic heterocycles. The lowest BCUT2D eigenvalue weighted by Crippen LogP contribution is -2.45. The summed E-state index contributed by atoms with van der Waals surface area (Å²) in [6.07, 6.45) is 0. The van der Waals surface area contributed by atoms with E-state index in [1.54, 1.807) is 0 Å². The molecule has 2 aliphatic rings. The predicted octanol–water partition coefficient (Wildman–Crippen LogP) is 1.64. The van der Waals surface area contributed by atoms with Crippen molar-refractivity contribution in [2.45, 2.75) is 0 Å². The van der Waals surface area contributed by atoms with Gasteiger partial charge in [0.15, 0.2) is 0 Å². The number of ether oxygens (including phenoxy) is 1. The van der Waals surface area contributed by atoms with Crippen molar-refractivity contribution in [1.82, 2.24) is 14.8 Å². The standard InChI is InChI=1S/C20H28N6O3/c1-23-8-10-25(11-9-23)20-19(26(27)28)18(16-4-2-3-5-17(16)22-20)21-6-7-24-12-14-29-15-13-24/h2-5H,6-15H2,1H3,(H,21,22). The molecule has 29 heavy (non-hydrogen) atoms. The van der Waals surface area contributed by atoms with Gasteiger partial charge in [-0.3, -0.25) is 15.0 Å². The molecule has 9 heteroatoms. The third-order valence-corrected chi connectivity index (χ3v) is 5.67. The number of nitrogens with one attached hydrogen (secondary N) is 1. The number of rotatable bonds is 6. The molecule has 9 nitrogen and oxygen atoms in total. The van der Waals surface area contributed by atoms with Crippen LogP contribution >= 0.6 is 0 Å². The molecule has 1 N–H and O–H groups in total. The zero-order valence-electron chi connectivity index (χ0n) is 16.8. The number of hydrogen-bond donors (Lipinski definition) is 1. The van der Waals surface area contributed by atoms with E-state index < -0.39 is 0 Å². The van der Waals surface area contributed by atoms with Gasteiger partial charge in [0.25, 0.3) is 0 Å². The molecule has 0 saturated carbocycles. The molecule has 2 fully saturated rings. The van der Waals surface area contributed by atoms with E-state index in [0.29, 0.717) is 18.1 Å². The summed E-state index contributed by atoms with van der Waals surface area (Å²) in [5.41, 5.74) is 1.43. The third kappa shape index (κ3) is 4.42. The van der Waals surface area contributed by atoms with Gasteiger partial charge in [0.05, 0.1) is 23.7 Å². The topological polar surface area (TPSA) is 87.0 Å². The summed E-state index contributed by atoms with van der Waals surface area (Å²) >= 11 is 0. The molecule has 0 atom stereocenters. The number of nitrogens with zero attached hydrogens (tertiary/aromatic N) is 5. The molecule has 3 heterocycles. The second kappa shape index (κ2) is 8.89. The Hall–Kier alpha value is -2.49. The van der Waals surface area contributed by atoms with E-state index in [-0.39, 0.29) is 10.6 Å². The van der Waals surface area contributed by atoms with Gasteiger partial charge in [-0.25, -0.2) is 4.98 Å². The Kier molecular flexibility index (Phi) is 6.08. The minimum absolute atomic E-state index is 0.0789. The summed E-state index contributed by atoms with van der Waals surface area (Å²) in [5.74, 6) is 0.468. The lowest BCUT2D eigenvalue weighted by atomic mass is 10.1. The van der Waals surface area contributed by atoms with Gasteiger partial charge in [0.1, 0.15) is 5.69 Å². The van der Waals surface area contributed by atoms with E-state index in [4.69, 9.17) is 9.72 Å². The van der Waals surface area contributed by atoms with Gasteiger partial charge in [-0.05, 0) is 13.1 Å². The highest BCUT2D eigenvalue weighted by molar-refractivity contribution is 5.99. The zero-order valence-corrected chi connectivity index (χ0v) is 16.8. The molecule has 2 aromatic rings. The van der Waals surface area contributed by atoms with Crippen LogP contribution in [0, 0.1) is 10.1 Å². The van der Waals surface area contributed by atoms with Gasteiger partial charge >= 0.3 is 5.69 Å². The number of piperazine rings is 1. The van der Waals surface area contributed by atoms with Crippen molar-refractivity contribution in [3.05, 3.63) is 34.4 Å². The van der Waals surface area contributed by atoms with Crippen LogP contribution in [-0.4, -0.2) is 92.3 Å². The number of hydrogen-bond acceptors (Lipinski definition) is 8. The lowest BCUT2D eigenvalue weighted by molar-refractivity contribution is -0.383. The van der Waals surface area contributed by atoms with Crippen LogP contribution in [0.1, 0.15) is 0 Å². The minimum atomic E-state index is -0.288. The molecule has 0 bridgehead atoms. The van der Waals surface area contributed by atoms with E-state index in [1.165, 1.54) is 0 Å². The Morgan fingerprint density at radius 3 is 2.59 bits per heavy atom. The highest BCUT2D eigenvalue weighted by Crippen LogP contribution is 2.39. The number of morpholine rings is 1. The molecule has 2 aliphatic heterocycles. The smallest absolute Gasteiger partial charge is 0.335 e. The van der Waals surface area contributed by atoms with Crippen LogP contribution in [0.5, 0.6) is 0 Å². The van der Waals surface area contributed by atoms with Crippen molar-refractivity contribution in [3.63, 3.8) is 0 Å². The Morgan fingerprint density at radius 1 is 1.14 bits per heavy atom. The van der Waals surface area contributed by atoms with Gasteiger partial charge in [-0.1, -0.05) is 18.2 Å². The Bertz CT molecular complexity index is 863. The first-order chi connectivity index (χ1) is 14.1. The summed E-state index contributed by atoms with van der Waals surface area (Å²) in [6.45, 7) is 7.93. The molecule has 0 spiro atoms. The fourth-order valence-electron chi connectivity index (χ4n) is 3.94. The largest absolute Gasteiger partial charge is 0.379 e. The normalized spacial score (nSPS) is 18.9. The number of fused-ring (bicyclic) bond motifs is 1. The molecular weight excluding hydrogens is 372 g/mol. The molecule has 2 saturated heterocycles. The van der Waals surface area contributed by atoms with Crippen LogP contribution in [0.4, 0.5) is 17.2 Å². The summed E-state index contributed by atoms with van der Waals surface area (Å²) in [6, 6.07) is 7.65. The SMILES string of the molecule is CN1CCN(c2nc3ccccc3c(NCCN3CCOCC3)c2[N+](=O)[O-])CC1. The molecule has 156 valence electrons. The maximum absolute atomic E-state index is 12.1. The molecule has 1 aromatic carbocycles. The molecule has 0 radical (unpaired) electrons. The number of anilines is 2. The number of nitro groups is 1. The summed E-state index contributed by atoms with van der Waals surface area (Å²) in [5, 5.41) is 16.3. The van der Waals surface area contributed by atoms with Crippen molar-refractivity contribution >= 4 is 28.1 Å². The fraction of sp³-hybridized carbons (Fsp3) is 0.550. The third-order valence-electron chi connectivity index (χ3n) is 5.67. The summed E-state index contributed by atoms with van der Waals surface area (Å²) < 4.78 is 5.39. The Balaban J connectivity index is 1.66. The summed E-state index contributed by atoms with van der Waals surface area (Å²) in [4.78, 5) is 23.1. The number of pyridine rings is 1. The molecular formula is C20H28N6O3. The predicted molar refractivity (Wildman–Crippen MR) is 114 cm³/mol. The van der Waals surface area contributed by atoms with E-state index in [9.17, 15) is 10.1 Å². The Labute approximate surface area is 170 Å². The average Bonchev–Trinajstić information content (AvgIpc) is 2.74. The van der Waals surface area contributed by atoms with Gasteiger partial charge in [-0.2, -0.15) is 0 Å². The molecule has 0 unspecified atom stereocenters. The van der Waals surface area contributed by atoms with Gasteiger partial charge in [0, 0.05) is 57.7 Å². The number of likely N-dealkylation sites (N-methyl/N-ethyl adjacent to an activating group) is 1. The monoisotopic (exact) mass is 400 g/mol. The highest BCUT2D eigenvalue weighted by Gasteiger charge is 2.30. The van der Waals surface area contributed by atoms with E-state index >= 15 is 0 Å². The van der Waals surface area contributed by atoms with Gasteiger partial charge in [0.2, 0.25) is 5.82 Å². The van der Waals surface area contributed by atoms with Crippen molar-refractivity contribution in [2.24, 2.45) is 0 Å². The van der Waals surface area contributed by atoms with Crippen molar-refractivity contribution in [2.75, 3.05) is 82.8 Å². The molecule has 4 rings (SSSR count). The van der Waals surface area contributed by atoms with Crippen LogP contribution in [0.15, 0.2) is 24.3 Å². The van der Waals surface area contributed by atoms with Crippen LogP contribution in [0.25, 0.3) is 10.9 Å². The van der Waals surface area contributed by atoms with Gasteiger partial charge in [-0.15, -0.1) is 0 Å². The van der Waals surface area contributed by atoms with Gasteiger partial charge < -0.3 is 19.9 Å². The quantitative estimate of drug-likeness (QED) is 0.578. The van der Waals surface area contributed by atoms with E-state index in [2.05, 4.69) is 22.2 Å². The maximum Gasteiger partial charge on any atom is 0.335 e. The summed E-state index contributed by atoms with van der Waals surface area (Å²) in [7, 11) is 2.07. The first kappa shape index (κ1) is 19.8. The maximum atomic E-state index is 12.1. The van der Waals surface area contributed by atoms with Crippen molar-refractivity contribution < 1.29 is 9.66 Å². The van der Waals surface area contributed by atoms with Crippen LogP contribution < -0.4 is 10.2 Å². The number of aromatic nitrogens is 1. The van der Waals surface area contributed by atoms with E-state index in [0.717, 1.165) is 69.9 Å². The lowest BCUT2D eigenvalue weighted by Gasteiger charge is -2.33.